The fourth-order valence-corrected chi connectivity index (χ4v) is 4.32. The number of carbonyl (C=O) groups is 1. The quantitative estimate of drug-likeness (QED) is 0.402. The number of hydrogen-bond acceptors (Lipinski definition) is 4. The Morgan fingerprint density at radius 2 is 1.58 bits per heavy atom. The zero-order valence-corrected chi connectivity index (χ0v) is 18.6. The summed E-state index contributed by atoms with van der Waals surface area (Å²) in [5.74, 6) is 0.712. The second-order valence-electron chi connectivity index (χ2n) is 7.31. The van der Waals surface area contributed by atoms with Crippen molar-refractivity contribution in [2.24, 2.45) is 0 Å². The summed E-state index contributed by atoms with van der Waals surface area (Å²) >= 11 is 1.40. The highest BCUT2D eigenvalue weighted by molar-refractivity contribution is 8.00. The molecule has 0 fully saturated rings. The average molecular weight is 429 g/mol. The maximum atomic E-state index is 13.0. The molecule has 0 aliphatic heterocycles. The van der Waals surface area contributed by atoms with Gasteiger partial charge in [-0.05, 0) is 44.0 Å². The molecule has 0 radical (unpaired) electrons. The molecule has 1 atom stereocenters. The Balaban J connectivity index is 1.55. The highest BCUT2D eigenvalue weighted by Gasteiger charge is 2.21. The molecule has 156 valence electrons. The van der Waals surface area contributed by atoms with Gasteiger partial charge in [0, 0.05) is 11.3 Å². The standard InChI is InChI=1S/C25H24N4OS/c1-17-11-7-10-16-23(17)29-19(3)27-28-25(29)31-18(2)24(30)26-22-15-9-8-14-21(22)20-12-5-4-6-13-20/h4-16,18H,1-3H3,(H,26,30). The van der Waals surface area contributed by atoms with Crippen molar-refractivity contribution in [3.63, 3.8) is 0 Å². The van der Waals surface area contributed by atoms with Gasteiger partial charge in [0.25, 0.3) is 0 Å². The molecule has 4 rings (SSSR count). The Morgan fingerprint density at radius 1 is 0.903 bits per heavy atom. The molecule has 1 amide bonds. The van der Waals surface area contributed by atoms with Crippen LogP contribution in [0.4, 0.5) is 5.69 Å². The number of amides is 1. The number of nitrogens with zero attached hydrogens (tertiary/aromatic N) is 3. The summed E-state index contributed by atoms with van der Waals surface area (Å²) in [6.07, 6.45) is 0. The van der Waals surface area contributed by atoms with Crippen LogP contribution in [0.3, 0.4) is 0 Å². The van der Waals surface area contributed by atoms with Gasteiger partial charge >= 0.3 is 0 Å². The lowest BCUT2D eigenvalue weighted by Gasteiger charge is -2.16. The first-order valence-electron chi connectivity index (χ1n) is 10.1. The summed E-state index contributed by atoms with van der Waals surface area (Å²) in [4.78, 5) is 13.0. The summed E-state index contributed by atoms with van der Waals surface area (Å²) in [6, 6.07) is 26.0. The van der Waals surface area contributed by atoms with Crippen molar-refractivity contribution < 1.29 is 4.79 Å². The zero-order valence-electron chi connectivity index (χ0n) is 17.7. The molecule has 31 heavy (non-hydrogen) atoms. The van der Waals surface area contributed by atoms with E-state index in [-0.39, 0.29) is 11.2 Å². The van der Waals surface area contributed by atoms with E-state index in [1.54, 1.807) is 0 Å². The van der Waals surface area contributed by atoms with Crippen molar-refractivity contribution in [2.45, 2.75) is 31.2 Å². The monoisotopic (exact) mass is 428 g/mol. The van der Waals surface area contributed by atoms with Gasteiger partial charge in [0.2, 0.25) is 5.91 Å². The Morgan fingerprint density at radius 3 is 2.35 bits per heavy atom. The van der Waals surface area contributed by atoms with Crippen LogP contribution in [0.25, 0.3) is 16.8 Å². The minimum atomic E-state index is -0.352. The molecule has 3 aromatic carbocycles. The number of carbonyl (C=O) groups excluding carboxylic acids is 1. The van der Waals surface area contributed by atoms with E-state index in [1.165, 1.54) is 11.8 Å². The predicted octanol–water partition coefficient (Wildman–Crippen LogP) is 5.67. The fourth-order valence-electron chi connectivity index (χ4n) is 3.42. The number of nitrogens with one attached hydrogen (secondary N) is 1. The van der Waals surface area contributed by atoms with Crippen LogP contribution < -0.4 is 5.32 Å². The normalized spacial score (nSPS) is 11.8. The number of hydrogen-bond donors (Lipinski definition) is 1. The highest BCUT2D eigenvalue weighted by Crippen LogP contribution is 2.30. The van der Waals surface area contributed by atoms with Crippen LogP contribution in [0.15, 0.2) is 84.0 Å². The van der Waals surface area contributed by atoms with Gasteiger partial charge in [-0.2, -0.15) is 0 Å². The number of aryl methyl sites for hydroxylation is 2. The van der Waals surface area contributed by atoms with Crippen molar-refractivity contribution >= 4 is 23.4 Å². The molecule has 0 saturated carbocycles. The molecular weight excluding hydrogens is 404 g/mol. The van der Waals surface area contributed by atoms with Crippen LogP contribution >= 0.6 is 11.8 Å². The molecule has 5 nitrogen and oxygen atoms in total. The van der Waals surface area contributed by atoms with Crippen molar-refractivity contribution in [2.75, 3.05) is 5.32 Å². The lowest BCUT2D eigenvalue weighted by Crippen LogP contribution is -2.23. The molecule has 0 bridgehead atoms. The molecule has 0 spiro atoms. The number of benzene rings is 3. The Hall–Kier alpha value is -3.38. The van der Waals surface area contributed by atoms with E-state index in [4.69, 9.17) is 0 Å². The van der Waals surface area contributed by atoms with Gasteiger partial charge in [-0.25, -0.2) is 0 Å². The molecule has 6 heteroatoms. The van der Waals surface area contributed by atoms with Crippen LogP contribution in [-0.2, 0) is 4.79 Å². The smallest absolute Gasteiger partial charge is 0.237 e. The fraction of sp³-hybridized carbons (Fsp3) is 0.160. The minimum Gasteiger partial charge on any atom is -0.325 e. The van der Waals surface area contributed by atoms with E-state index < -0.39 is 0 Å². The van der Waals surface area contributed by atoms with Crippen molar-refractivity contribution in [3.05, 3.63) is 90.3 Å². The third-order valence-corrected chi connectivity index (χ3v) is 6.12. The Labute approximate surface area is 186 Å². The molecule has 4 aromatic rings. The third-order valence-electron chi connectivity index (χ3n) is 5.07. The predicted molar refractivity (Wildman–Crippen MR) is 127 cm³/mol. The van der Waals surface area contributed by atoms with E-state index in [1.807, 2.05) is 91.2 Å². The first-order valence-corrected chi connectivity index (χ1v) is 11.0. The zero-order chi connectivity index (χ0) is 21.8. The number of para-hydroxylation sites is 2. The molecule has 1 N–H and O–H groups in total. The van der Waals surface area contributed by atoms with Crippen LogP contribution in [0.1, 0.15) is 18.3 Å². The second-order valence-corrected chi connectivity index (χ2v) is 8.62. The minimum absolute atomic E-state index is 0.0784. The molecule has 0 saturated heterocycles. The average Bonchev–Trinajstić information content (AvgIpc) is 3.14. The Kier molecular flexibility index (Phi) is 6.18. The molecule has 0 aliphatic carbocycles. The van der Waals surface area contributed by atoms with Crippen LogP contribution in [-0.4, -0.2) is 25.9 Å². The van der Waals surface area contributed by atoms with E-state index in [0.717, 1.165) is 33.9 Å². The topological polar surface area (TPSA) is 59.8 Å². The highest BCUT2D eigenvalue weighted by atomic mass is 32.2. The largest absolute Gasteiger partial charge is 0.325 e. The number of aromatic nitrogens is 3. The maximum absolute atomic E-state index is 13.0. The van der Waals surface area contributed by atoms with E-state index >= 15 is 0 Å². The molecular formula is C25H24N4OS. The summed E-state index contributed by atoms with van der Waals surface area (Å²) in [5.41, 5.74) is 5.00. The van der Waals surface area contributed by atoms with Crippen LogP contribution in [0, 0.1) is 13.8 Å². The summed E-state index contributed by atoms with van der Waals surface area (Å²) in [7, 11) is 0. The van der Waals surface area contributed by atoms with Gasteiger partial charge in [-0.3, -0.25) is 9.36 Å². The Bertz CT molecular complexity index is 1200. The summed E-state index contributed by atoms with van der Waals surface area (Å²) < 4.78 is 2.00. The van der Waals surface area contributed by atoms with Gasteiger partial charge in [0.05, 0.1) is 10.9 Å². The van der Waals surface area contributed by atoms with E-state index in [9.17, 15) is 4.79 Å². The first kappa shape index (κ1) is 20.9. The first-order chi connectivity index (χ1) is 15.0. The van der Waals surface area contributed by atoms with Gasteiger partial charge in [0.15, 0.2) is 5.16 Å². The lowest BCUT2D eigenvalue weighted by atomic mass is 10.0. The lowest BCUT2D eigenvalue weighted by molar-refractivity contribution is -0.115. The summed E-state index contributed by atoms with van der Waals surface area (Å²) in [6.45, 7) is 5.86. The van der Waals surface area contributed by atoms with Gasteiger partial charge in [-0.1, -0.05) is 78.5 Å². The molecule has 1 unspecified atom stereocenters. The molecule has 1 heterocycles. The van der Waals surface area contributed by atoms with Crippen molar-refractivity contribution in [1.29, 1.82) is 0 Å². The van der Waals surface area contributed by atoms with E-state index in [2.05, 4.69) is 28.5 Å². The third kappa shape index (κ3) is 4.54. The second kappa shape index (κ2) is 9.18. The number of thioether (sulfide) groups is 1. The number of rotatable bonds is 6. The van der Waals surface area contributed by atoms with Crippen molar-refractivity contribution in [3.8, 4) is 16.8 Å². The van der Waals surface area contributed by atoms with Gasteiger partial charge in [0.1, 0.15) is 5.82 Å². The van der Waals surface area contributed by atoms with Crippen LogP contribution in [0.2, 0.25) is 0 Å². The van der Waals surface area contributed by atoms with Gasteiger partial charge < -0.3 is 5.32 Å². The van der Waals surface area contributed by atoms with Crippen LogP contribution in [0.5, 0.6) is 0 Å². The van der Waals surface area contributed by atoms with Crippen molar-refractivity contribution in [1.82, 2.24) is 14.8 Å². The molecule has 1 aromatic heterocycles. The van der Waals surface area contributed by atoms with E-state index in [0.29, 0.717) is 5.16 Å². The SMILES string of the molecule is Cc1ccccc1-n1c(C)nnc1SC(C)C(=O)Nc1ccccc1-c1ccccc1. The van der Waals surface area contributed by atoms with Gasteiger partial charge in [-0.15, -0.1) is 10.2 Å². The summed E-state index contributed by atoms with van der Waals surface area (Å²) in [5, 5.41) is 12.0. The maximum Gasteiger partial charge on any atom is 0.237 e. The number of anilines is 1. The molecule has 0 aliphatic rings.